The summed E-state index contributed by atoms with van der Waals surface area (Å²) in [6, 6.07) is 0. The maximum absolute atomic E-state index is 11.2. The Morgan fingerprint density at radius 1 is 1.60 bits per heavy atom. The highest BCUT2D eigenvalue weighted by molar-refractivity contribution is 9.25. The topological polar surface area (TPSA) is 17.1 Å². The van der Waals surface area contributed by atoms with Crippen LogP contribution >= 0.6 is 43.5 Å². The van der Waals surface area contributed by atoms with Crippen LogP contribution in [0.1, 0.15) is 13.8 Å². The second-order valence-corrected chi connectivity index (χ2v) is 6.01. The summed E-state index contributed by atoms with van der Waals surface area (Å²) in [5.41, 5.74) is -0.445. The van der Waals surface area contributed by atoms with Gasteiger partial charge in [-0.3, -0.25) is 4.79 Å². The number of alkyl halides is 3. The van der Waals surface area contributed by atoms with E-state index in [-0.39, 0.29) is 9.52 Å². The summed E-state index contributed by atoms with van der Waals surface area (Å²) in [5.74, 6) is 0.419. The second kappa shape index (κ2) is 4.07. The van der Waals surface area contributed by atoms with Crippen molar-refractivity contribution in [1.82, 2.24) is 0 Å². The summed E-state index contributed by atoms with van der Waals surface area (Å²) in [6.45, 7) is 3.63. The van der Waals surface area contributed by atoms with E-state index in [1.807, 2.05) is 13.8 Å². The number of hydrogen-bond donors (Lipinski definition) is 0. The second-order valence-electron chi connectivity index (χ2n) is 2.68. The third-order valence-corrected chi connectivity index (χ3v) is 2.70. The molecule has 10 heavy (non-hydrogen) atoms. The molecule has 0 aromatic rings. The van der Waals surface area contributed by atoms with Gasteiger partial charge < -0.3 is 0 Å². The summed E-state index contributed by atoms with van der Waals surface area (Å²) in [7, 11) is 0. The molecule has 0 spiro atoms. The van der Waals surface area contributed by atoms with Crippen LogP contribution in [-0.4, -0.2) is 15.4 Å². The third-order valence-electron chi connectivity index (χ3n) is 1.20. The van der Waals surface area contributed by atoms with E-state index in [1.54, 1.807) is 0 Å². The summed E-state index contributed by atoms with van der Waals surface area (Å²) < 4.78 is -0.284. The van der Waals surface area contributed by atoms with Crippen LogP contribution in [0.15, 0.2) is 0 Å². The van der Waals surface area contributed by atoms with E-state index in [2.05, 4.69) is 31.9 Å². The average molecular weight is 292 g/mol. The van der Waals surface area contributed by atoms with E-state index >= 15 is 0 Å². The molecule has 0 aromatic heterocycles. The Kier molecular flexibility index (Phi) is 4.45. The van der Waals surface area contributed by atoms with Crippen molar-refractivity contribution in [3.05, 3.63) is 0 Å². The standard InChI is InChI=1S/C6H9Br2ClO/c1-6(2,3-9)4(10)5(7)8/h5H,3H2,1-2H3. The molecule has 1 nitrogen and oxygen atoms in total. The lowest BCUT2D eigenvalue weighted by Gasteiger charge is -2.19. The monoisotopic (exact) mass is 290 g/mol. The van der Waals surface area contributed by atoms with Gasteiger partial charge in [-0.2, -0.15) is 0 Å². The summed E-state index contributed by atoms with van der Waals surface area (Å²) in [6.07, 6.45) is 0. The van der Waals surface area contributed by atoms with E-state index in [9.17, 15) is 4.79 Å². The molecule has 0 N–H and O–H groups in total. The van der Waals surface area contributed by atoms with Crippen LogP contribution in [0.5, 0.6) is 0 Å². The minimum Gasteiger partial charge on any atom is -0.297 e. The number of halogens is 3. The highest BCUT2D eigenvalue weighted by Crippen LogP contribution is 2.25. The molecule has 0 unspecified atom stereocenters. The van der Waals surface area contributed by atoms with Crippen molar-refractivity contribution in [2.24, 2.45) is 5.41 Å². The van der Waals surface area contributed by atoms with Gasteiger partial charge in [0.1, 0.15) is 3.74 Å². The minimum absolute atomic E-state index is 0.0718. The number of hydrogen-bond acceptors (Lipinski definition) is 1. The van der Waals surface area contributed by atoms with Crippen LogP contribution in [-0.2, 0) is 4.79 Å². The predicted molar refractivity (Wildman–Crippen MR) is 51.2 cm³/mol. The molecule has 0 fully saturated rings. The Morgan fingerprint density at radius 3 is 2.10 bits per heavy atom. The zero-order chi connectivity index (χ0) is 8.36. The highest BCUT2D eigenvalue weighted by atomic mass is 79.9. The third kappa shape index (κ3) is 2.89. The van der Waals surface area contributed by atoms with Crippen molar-refractivity contribution >= 4 is 49.2 Å². The van der Waals surface area contributed by atoms with Crippen LogP contribution in [0.3, 0.4) is 0 Å². The number of rotatable bonds is 3. The number of ketones is 1. The minimum atomic E-state index is -0.445. The van der Waals surface area contributed by atoms with Gasteiger partial charge in [0, 0.05) is 11.3 Å². The number of carbonyl (C=O) groups is 1. The Morgan fingerprint density at radius 2 is 2.00 bits per heavy atom. The van der Waals surface area contributed by atoms with Crippen LogP contribution in [0.25, 0.3) is 0 Å². The van der Waals surface area contributed by atoms with Gasteiger partial charge in [-0.25, -0.2) is 0 Å². The molecule has 0 radical (unpaired) electrons. The smallest absolute Gasteiger partial charge is 0.163 e. The lowest BCUT2D eigenvalue weighted by atomic mass is 9.92. The van der Waals surface area contributed by atoms with Crippen molar-refractivity contribution in [3.8, 4) is 0 Å². The van der Waals surface area contributed by atoms with Gasteiger partial charge >= 0.3 is 0 Å². The van der Waals surface area contributed by atoms with Crippen LogP contribution in [0.2, 0.25) is 0 Å². The molecule has 0 aromatic carbocycles. The highest BCUT2D eigenvalue weighted by Gasteiger charge is 2.29. The molecule has 60 valence electrons. The normalized spacial score (nSPS) is 12.2. The first-order valence-electron chi connectivity index (χ1n) is 2.80. The first-order chi connectivity index (χ1) is 4.41. The zero-order valence-electron chi connectivity index (χ0n) is 5.83. The first kappa shape index (κ1) is 10.9. The maximum Gasteiger partial charge on any atom is 0.163 e. The van der Waals surface area contributed by atoms with Gasteiger partial charge in [-0.1, -0.05) is 45.7 Å². The molecule has 0 aliphatic carbocycles. The Bertz CT molecular complexity index is 134. The molecule has 0 amide bonds. The van der Waals surface area contributed by atoms with Gasteiger partial charge in [-0.05, 0) is 0 Å². The molecule has 0 saturated carbocycles. The van der Waals surface area contributed by atoms with Gasteiger partial charge in [0.05, 0.1) is 0 Å². The Balaban J connectivity index is 4.19. The van der Waals surface area contributed by atoms with E-state index in [1.165, 1.54) is 0 Å². The lowest BCUT2D eigenvalue weighted by molar-refractivity contribution is -0.123. The molecule has 0 aliphatic rings. The molecule has 0 atom stereocenters. The first-order valence-corrected chi connectivity index (χ1v) is 5.17. The van der Waals surface area contributed by atoms with Gasteiger partial charge in [0.25, 0.3) is 0 Å². The number of Topliss-reactive ketones (excluding diaryl/α,β-unsaturated/α-hetero) is 1. The van der Waals surface area contributed by atoms with Crippen molar-refractivity contribution in [1.29, 1.82) is 0 Å². The summed E-state index contributed by atoms with van der Waals surface area (Å²) >= 11 is 11.8. The molecule has 0 aliphatic heterocycles. The van der Waals surface area contributed by atoms with Crippen LogP contribution in [0, 0.1) is 5.41 Å². The molecular formula is C6H9Br2ClO. The fourth-order valence-electron chi connectivity index (χ4n) is 0.361. The molecule has 0 bridgehead atoms. The van der Waals surface area contributed by atoms with E-state index in [0.717, 1.165) is 0 Å². The lowest BCUT2D eigenvalue weighted by Crippen LogP contribution is -2.30. The van der Waals surface area contributed by atoms with Gasteiger partial charge in [0.15, 0.2) is 5.78 Å². The molecule has 0 saturated heterocycles. The van der Waals surface area contributed by atoms with Gasteiger partial charge in [0.2, 0.25) is 0 Å². The Hall–Kier alpha value is 0.920. The van der Waals surface area contributed by atoms with E-state index in [4.69, 9.17) is 11.6 Å². The van der Waals surface area contributed by atoms with Crippen LogP contribution in [0.4, 0.5) is 0 Å². The van der Waals surface area contributed by atoms with Crippen molar-refractivity contribution in [3.63, 3.8) is 0 Å². The number of carbonyl (C=O) groups excluding carboxylic acids is 1. The van der Waals surface area contributed by atoms with Crippen LogP contribution < -0.4 is 0 Å². The van der Waals surface area contributed by atoms with Gasteiger partial charge in [-0.15, -0.1) is 11.6 Å². The molecule has 0 heterocycles. The predicted octanol–water partition coefficient (Wildman–Crippen LogP) is 2.94. The quantitative estimate of drug-likeness (QED) is 0.731. The van der Waals surface area contributed by atoms with Crippen molar-refractivity contribution in [2.45, 2.75) is 17.6 Å². The zero-order valence-corrected chi connectivity index (χ0v) is 9.75. The van der Waals surface area contributed by atoms with Crippen molar-refractivity contribution in [2.75, 3.05) is 5.88 Å². The fraction of sp³-hybridized carbons (Fsp3) is 0.833. The van der Waals surface area contributed by atoms with E-state index < -0.39 is 5.41 Å². The Labute approximate surface area is 82.8 Å². The van der Waals surface area contributed by atoms with E-state index in [0.29, 0.717) is 5.88 Å². The summed E-state index contributed by atoms with van der Waals surface area (Å²) in [4.78, 5) is 11.2. The SMILES string of the molecule is CC(C)(CCl)C(=O)C(Br)Br. The molecule has 0 rings (SSSR count). The fourth-order valence-corrected chi connectivity index (χ4v) is 1.73. The maximum atomic E-state index is 11.2. The molecular weight excluding hydrogens is 283 g/mol. The summed E-state index contributed by atoms with van der Waals surface area (Å²) in [5, 5.41) is 0. The average Bonchev–Trinajstić information content (AvgIpc) is 1.86. The molecule has 4 heteroatoms. The van der Waals surface area contributed by atoms with Crippen molar-refractivity contribution < 1.29 is 4.79 Å². The largest absolute Gasteiger partial charge is 0.297 e.